The van der Waals surface area contributed by atoms with Gasteiger partial charge in [-0.1, -0.05) is 0 Å². The van der Waals surface area contributed by atoms with Crippen LogP contribution in [0, 0.1) is 25.7 Å². The molecule has 0 radical (unpaired) electrons. The third-order valence-corrected chi connectivity index (χ3v) is 6.59. The van der Waals surface area contributed by atoms with Gasteiger partial charge in [0.25, 0.3) is 5.91 Å². The lowest BCUT2D eigenvalue weighted by atomic mass is 9.98. The number of aryl methyl sites for hydroxylation is 1. The summed E-state index contributed by atoms with van der Waals surface area (Å²) in [5.41, 5.74) is 8.31. The smallest absolute Gasteiger partial charge is 0.254 e. The number of hydrogen-bond acceptors (Lipinski definition) is 4. The second-order valence-corrected chi connectivity index (χ2v) is 9.08. The summed E-state index contributed by atoms with van der Waals surface area (Å²) < 4.78 is 23.7. The van der Waals surface area contributed by atoms with Crippen LogP contribution in [-0.4, -0.2) is 44.6 Å². The molecule has 6 heteroatoms. The molecule has 3 atom stereocenters. The van der Waals surface area contributed by atoms with Crippen molar-refractivity contribution in [3.8, 4) is 0 Å². The number of sulfone groups is 1. The topological polar surface area (TPSA) is 80.5 Å². The van der Waals surface area contributed by atoms with E-state index in [1.165, 1.54) is 12.3 Å². The number of amides is 1. The lowest BCUT2D eigenvalue weighted by molar-refractivity contribution is 0.0778. The Hall–Kier alpha value is -1.40. The van der Waals surface area contributed by atoms with E-state index in [0.717, 1.165) is 30.5 Å². The Morgan fingerprint density at radius 1 is 1.22 bits per heavy atom. The van der Waals surface area contributed by atoms with E-state index in [9.17, 15) is 13.2 Å². The minimum Gasteiger partial charge on any atom is -0.338 e. The fourth-order valence-electron chi connectivity index (χ4n) is 3.91. The van der Waals surface area contributed by atoms with Crippen molar-refractivity contribution in [3.63, 3.8) is 0 Å². The van der Waals surface area contributed by atoms with Crippen molar-refractivity contribution in [2.24, 2.45) is 17.6 Å². The zero-order valence-corrected chi connectivity index (χ0v) is 14.7. The highest BCUT2D eigenvalue weighted by Gasteiger charge is 2.42. The maximum absolute atomic E-state index is 12.9. The first-order chi connectivity index (χ1) is 10.7. The highest BCUT2D eigenvalue weighted by molar-refractivity contribution is 7.90. The lowest BCUT2D eigenvalue weighted by Gasteiger charge is -2.21. The summed E-state index contributed by atoms with van der Waals surface area (Å²) in [5.74, 6) is 0.810. The average Bonchev–Trinajstić information content (AvgIpc) is 3.02. The molecule has 23 heavy (non-hydrogen) atoms. The summed E-state index contributed by atoms with van der Waals surface area (Å²) in [6, 6.07) is 3.34. The zero-order valence-electron chi connectivity index (χ0n) is 13.9. The maximum Gasteiger partial charge on any atom is 0.254 e. The zero-order chi connectivity index (χ0) is 16.9. The van der Waals surface area contributed by atoms with E-state index in [1.807, 2.05) is 18.7 Å². The lowest BCUT2D eigenvalue weighted by Crippen LogP contribution is -2.34. The van der Waals surface area contributed by atoms with Gasteiger partial charge in [-0.05, 0) is 61.8 Å². The fourth-order valence-corrected chi connectivity index (χ4v) is 4.63. The van der Waals surface area contributed by atoms with Crippen molar-refractivity contribution in [2.45, 2.75) is 37.6 Å². The molecule has 1 aromatic rings. The summed E-state index contributed by atoms with van der Waals surface area (Å²) in [6.45, 7) is 5.14. The minimum absolute atomic E-state index is 0.0716. The number of rotatable bonds is 2. The molecule has 126 valence electrons. The number of hydrogen-bond donors (Lipinski definition) is 1. The van der Waals surface area contributed by atoms with E-state index in [-0.39, 0.29) is 16.8 Å². The van der Waals surface area contributed by atoms with Gasteiger partial charge in [-0.3, -0.25) is 4.79 Å². The largest absolute Gasteiger partial charge is 0.338 e. The number of nitrogens with two attached hydrogens (primary N) is 1. The fraction of sp³-hybridized carbons (Fsp3) is 0.588. The molecule has 1 saturated carbocycles. The molecule has 3 rings (SSSR count). The van der Waals surface area contributed by atoms with E-state index < -0.39 is 9.84 Å². The van der Waals surface area contributed by atoms with Gasteiger partial charge in [0.15, 0.2) is 9.84 Å². The Bertz CT molecular complexity index is 757. The number of nitrogens with zero attached hydrogens (tertiary/aromatic N) is 1. The quantitative estimate of drug-likeness (QED) is 0.888. The normalized spacial score (nSPS) is 27.3. The van der Waals surface area contributed by atoms with Crippen molar-refractivity contribution in [3.05, 3.63) is 28.8 Å². The molecule has 1 aliphatic carbocycles. The van der Waals surface area contributed by atoms with Crippen molar-refractivity contribution in [1.82, 2.24) is 4.90 Å². The molecule has 2 N–H and O–H groups in total. The van der Waals surface area contributed by atoms with Gasteiger partial charge in [0.05, 0.1) is 4.90 Å². The number of carbonyl (C=O) groups is 1. The summed E-state index contributed by atoms with van der Waals surface area (Å²) in [7, 11) is -3.34. The molecular weight excluding hydrogens is 312 g/mol. The van der Waals surface area contributed by atoms with Crippen LogP contribution in [0.4, 0.5) is 0 Å². The molecule has 5 nitrogen and oxygen atoms in total. The predicted molar refractivity (Wildman–Crippen MR) is 89.1 cm³/mol. The van der Waals surface area contributed by atoms with Gasteiger partial charge in [-0.2, -0.15) is 0 Å². The van der Waals surface area contributed by atoms with Crippen LogP contribution in [-0.2, 0) is 9.84 Å². The molecule has 1 saturated heterocycles. The molecule has 3 unspecified atom stereocenters. The van der Waals surface area contributed by atoms with Crippen LogP contribution < -0.4 is 5.73 Å². The monoisotopic (exact) mass is 336 g/mol. The molecule has 1 amide bonds. The summed E-state index contributed by atoms with van der Waals surface area (Å²) >= 11 is 0. The Morgan fingerprint density at radius 2 is 1.91 bits per heavy atom. The standard InChI is InChI=1S/C17H24N2O3S/c1-10-6-13(23(3,21)22)7-14(11(10)2)17(20)19-8-12-4-5-16(18)15(12)9-19/h6-7,12,15-16H,4-5,8-9,18H2,1-3H3. The third-order valence-electron chi connectivity index (χ3n) is 5.50. The summed E-state index contributed by atoms with van der Waals surface area (Å²) in [4.78, 5) is 15.0. The molecule has 1 aromatic carbocycles. The number of carbonyl (C=O) groups excluding carboxylic acids is 1. The Balaban J connectivity index is 1.93. The molecule has 2 fully saturated rings. The summed E-state index contributed by atoms with van der Waals surface area (Å²) in [6.07, 6.45) is 3.29. The van der Waals surface area contributed by atoms with Crippen molar-refractivity contribution in [2.75, 3.05) is 19.3 Å². The number of likely N-dealkylation sites (tertiary alicyclic amines) is 1. The van der Waals surface area contributed by atoms with Crippen molar-refractivity contribution < 1.29 is 13.2 Å². The van der Waals surface area contributed by atoms with Crippen molar-refractivity contribution >= 4 is 15.7 Å². The Labute approximate surface area is 137 Å². The van der Waals surface area contributed by atoms with Gasteiger partial charge < -0.3 is 10.6 Å². The van der Waals surface area contributed by atoms with Crippen molar-refractivity contribution in [1.29, 1.82) is 0 Å². The van der Waals surface area contributed by atoms with E-state index in [0.29, 0.717) is 23.9 Å². The van der Waals surface area contributed by atoms with Gasteiger partial charge in [-0.25, -0.2) is 8.42 Å². The van der Waals surface area contributed by atoms with E-state index in [1.54, 1.807) is 6.07 Å². The first-order valence-electron chi connectivity index (χ1n) is 8.04. The molecular formula is C17H24N2O3S. The highest BCUT2D eigenvalue weighted by atomic mass is 32.2. The van der Waals surface area contributed by atoms with Crippen LogP contribution in [0.3, 0.4) is 0 Å². The second kappa shape index (κ2) is 5.60. The molecule has 0 aromatic heterocycles. The van der Waals surface area contributed by atoms with E-state index in [2.05, 4.69) is 0 Å². The van der Waals surface area contributed by atoms with E-state index in [4.69, 9.17) is 5.73 Å². The van der Waals surface area contributed by atoms with Crippen LogP contribution in [0.25, 0.3) is 0 Å². The van der Waals surface area contributed by atoms with Crippen LogP contribution in [0.2, 0.25) is 0 Å². The molecule has 0 bridgehead atoms. The second-order valence-electron chi connectivity index (χ2n) is 7.06. The Kier molecular flexibility index (Phi) is 4.01. The minimum atomic E-state index is -3.34. The SMILES string of the molecule is Cc1cc(S(C)(=O)=O)cc(C(=O)N2CC3CCC(N)C3C2)c1C. The molecule has 0 spiro atoms. The predicted octanol–water partition coefficient (Wildman–Crippen LogP) is 1.52. The van der Waals surface area contributed by atoms with Gasteiger partial charge in [0.2, 0.25) is 0 Å². The maximum atomic E-state index is 12.9. The van der Waals surface area contributed by atoms with Gasteiger partial charge >= 0.3 is 0 Å². The first kappa shape index (κ1) is 16.5. The summed E-state index contributed by atoms with van der Waals surface area (Å²) in [5, 5.41) is 0. The van der Waals surface area contributed by atoms with Crippen LogP contribution >= 0.6 is 0 Å². The number of fused-ring (bicyclic) bond motifs is 1. The molecule has 2 aliphatic rings. The molecule has 1 heterocycles. The van der Waals surface area contributed by atoms with Gasteiger partial charge in [-0.15, -0.1) is 0 Å². The van der Waals surface area contributed by atoms with E-state index >= 15 is 0 Å². The molecule has 1 aliphatic heterocycles. The number of benzene rings is 1. The van der Waals surface area contributed by atoms with Crippen LogP contribution in [0.15, 0.2) is 17.0 Å². The van der Waals surface area contributed by atoms with Crippen LogP contribution in [0.1, 0.15) is 34.3 Å². The third kappa shape index (κ3) is 2.90. The Morgan fingerprint density at radius 3 is 2.52 bits per heavy atom. The first-order valence-corrected chi connectivity index (χ1v) is 9.93. The average molecular weight is 336 g/mol. The van der Waals surface area contributed by atoms with Crippen LogP contribution in [0.5, 0.6) is 0 Å². The van der Waals surface area contributed by atoms with Gasteiger partial charge in [0, 0.05) is 31.0 Å². The van der Waals surface area contributed by atoms with Gasteiger partial charge in [0.1, 0.15) is 0 Å². The highest BCUT2D eigenvalue weighted by Crippen LogP contribution is 2.38.